The zero-order chi connectivity index (χ0) is 16.1. The van der Waals surface area contributed by atoms with Gasteiger partial charge >= 0.3 is 6.09 Å². The van der Waals surface area contributed by atoms with Gasteiger partial charge in [-0.25, -0.2) is 19.7 Å². The van der Waals surface area contributed by atoms with Gasteiger partial charge in [-0.2, -0.15) is 0 Å². The fraction of sp³-hybridized carbons (Fsp3) is 0.200. The number of fused-ring (bicyclic) bond motifs is 1. The molecule has 0 spiro atoms. The number of carbonyl (C=O) groups excluding carboxylic acids is 1. The van der Waals surface area contributed by atoms with Gasteiger partial charge in [-0.15, -0.1) is 0 Å². The van der Waals surface area contributed by atoms with Crippen molar-refractivity contribution in [2.75, 3.05) is 6.54 Å². The van der Waals surface area contributed by atoms with Crippen molar-refractivity contribution >= 4 is 39.4 Å². The van der Waals surface area contributed by atoms with Crippen molar-refractivity contribution in [3.05, 3.63) is 52.4 Å². The number of nitrogens with zero attached hydrogens (tertiary/aromatic N) is 3. The number of rotatable bonds is 5. The van der Waals surface area contributed by atoms with Crippen molar-refractivity contribution in [3.8, 4) is 0 Å². The van der Waals surface area contributed by atoms with E-state index >= 15 is 0 Å². The highest BCUT2D eigenvalue weighted by molar-refractivity contribution is 7.18. The van der Waals surface area contributed by atoms with Crippen molar-refractivity contribution in [2.45, 2.75) is 13.0 Å². The number of thiazole rings is 1. The molecule has 3 rings (SSSR count). The Labute approximate surface area is 141 Å². The summed E-state index contributed by atoms with van der Waals surface area (Å²) in [5.41, 5.74) is 1.54. The van der Waals surface area contributed by atoms with Crippen LogP contribution in [0.2, 0.25) is 5.15 Å². The Kier molecular flexibility index (Phi) is 4.99. The second kappa shape index (κ2) is 7.34. The van der Waals surface area contributed by atoms with E-state index in [0.29, 0.717) is 23.6 Å². The Hall–Kier alpha value is -2.25. The molecule has 0 aliphatic heterocycles. The van der Waals surface area contributed by atoms with Crippen molar-refractivity contribution in [3.63, 3.8) is 0 Å². The fourth-order valence-electron chi connectivity index (χ4n) is 1.92. The molecule has 1 aromatic carbocycles. The predicted molar refractivity (Wildman–Crippen MR) is 88.6 cm³/mol. The number of halogens is 1. The van der Waals surface area contributed by atoms with Crippen molar-refractivity contribution < 1.29 is 9.53 Å². The molecule has 0 unspecified atom stereocenters. The second-order valence-corrected chi connectivity index (χ2v) is 6.08. The Balaban J connectivity index is 1.46. The average molecular weight is 349 g/mol. The lowest BCUT2D eigenvalue weighted by Crippen LogP contribution is -2.26. The summed E-state index contributed by atoms with van der Waals surface area (Å²) in [5, 5.41) is 3.88. The van der Waals surface area contributed by atoms with Crippen molar-refractivity contribution in [1.29, 1.82) is 0 Å². The SMILES string of the molecule is O=C(NCCc1nc2c(Cl)ncnc2s1)OCc1ccccc1. The smallest absolute Gasteiger partial charge is 0.407 e. The number of carbonyl (C=O) groups is 1. The maximum absolute atomic E-state index is 11.6. The first kappa shape index (κ1) is 15.6. The summed E-state index contributed by atoms with van der Waals surface area (Å²) in [6.45, 7) is 0.678. The van der Waals surface area contributed by atoms with Crippen molar-refractivity contribution in [2.24, 2.45) is 0 Å². The zero-order valence-electron chi connectivity index (χ0n) is 12.0. The summed E-state index contributed by atoms with van der Waals surface area (Å²) in [7, 11) is 0. The third-order valence-corrected chi connectivity index (χ3v) is 4.32. The first-order valence-corrected chi connectivity index (χ1v) is 8.12. The van der Waals surface area contributed by atoms with E-state index in [1.54, 1.807) is 0 Å². The van der Waals surface area contributed by atoms with E-state index in [4.69, 9.17) is 16.3 Å². The number of amides is 1. The average Bonchev–Trinajstić information content (AvgIpc) is 2.98. The summed E-state index contributed by atoms with van der Waals surface area (Å²) in [4.78, 5) is 24.8. The molecule has 6 nitrogen and oxygen atoms in total. The molecule has 0 saturated heterocycles. The summed E-state index contributed by atoms with van der Waals surface area (Å²) in [6, 6.07) is 9.52. The van der Waals surface area contributed by atoms with Crippen LogP contribution in [0.5, 0.6) is 0 Å². The second-order valence-electron chi connectivity index (χ2n) is 4.66. The van der Waals surface area contributed by atoms with Gasteiger partial charge in [0.05, 0.1) is 5.01 Å². The van der Waals surface area contributed by atoms with E-state index in [1.165, 1.54) is 17.7 Å². The van der Waals surface area contributed by atoms with Gasteiger partial charge in [-0.05, 0) is 5.56 Å². The van der Waals surface area contributed by atoms with Crippen LogP contribution in [0.15, 0.2) is 36.7 Å². The highest BCUT2D eigenvalue weighted by atomic mass is 35.5. The Morgan fingerprint density at radius 2 is 2.09 bits per heavy atom. The monoisotopic (exact) mass is 348 g/mol. The molecular weight excluding hydrogens is 336 g/mol. The molecule has 0 saturated carbocycles. The molecule has 0 atom stereocenters. The number of aromatic nitrogens is 3. The molecule has 2 aromatic heterocycles. The molecule has 0 aliphatic rings. The maximum atomic E-state index is 11.6. The molecule has 2 heterocycles. The molecule has 0 bridgehead atoms. The van der Waals surface area contributed by atoms with Gasteiger partial charge in [-0.1, -0.05) is 53.3 Å². The van der Waals surface area contributed by atoms with Crippen LogP contribution >= 0.6 is 22.9 Å². The number of hydrogen-bond donors (Lipinski definition) is 1. The lowest BCUT2D eigenvalue weighted by atomic mass is 10.2. The van der Waals surface area contributed by atoms with Crippen LogP contribution in [0.4, 0.5) is 4.79 Å². The quantitative estimate of drug-likeness (QED) is 0.716. The van der Waals surface area contributed by atoms with E-state index in [0.717, 1.165) is 15.4 Å². The van der Waals surface area contributed by atoms with Crippen LogP contribution in [-0.4, -0.2) is 27.6 Å². The Morgan fingerprint density at radius 3 is 2.87 bits per heavy atom. The molecule has 0 radical (unpaired) electrons. The lowest BCUT2D eigenvalue weighted by Gasteiger charge is -2.06. The normalized spacial score (nSPS) is 10.7. The highest BCUT2D eigenvalue weighted by Gasteiger charge is 2.09. The molecular formula is C15H13ClN4O2S. The summed E-state index contributed by atoms with van der Waals surface area (Å²) < 4.78 is 5.13. The first-order chi connectivity index (χ1) is 11.2. The largest absolute Gasteiger partial charge is 0.445 e. The molecule has 1 amide bonds. The molecule has 118 valence electrons. The third-order valence-electron chi connectivity index (χ3n) is 3.02. The minimum Gasteiger partial charge on any atom is -0.445 e. The van der Waals surface area contributed by atoms with Gasteiger partial charge in [0, 0.05) is 13.0 Å². The summed E-state index contributed by atoms with van der Waals surface area (Å²) in [5.74, 6) is 0. The van der Waals surface area contributed by atoms with Crippen LogP contribution in [0.1, 0.15) is 10.6 Å². The standard InChI is InChI=1S/C15H13ClN4O2S/c16-13-12-14(19-9-18-13)23-11(20-12)6-7-17-15(21)22-8-10-4-2-1-3-5-10/h1-5,9H,6-8H2,(H,17,21). The Morgan fingerprint density at radius 1 is 1.26 bits per heavy atom. The minimum atomic E-state index is -0.451. The maximum Gasteiger partial charge on any atom is 0.407 e. The third kappa shape index (κ3) is 4.14. The zero-order valence-corrected chi connectivity index (χ0v) is 13.6. The lowest BCUT2D eigenvalue weighted by molar-refractivity contribution is 0.140. The number of ether oxygens (including phenoxy) is 1. The van der Waals surface area contributed by atoms with Gasteiger partial charge in [0.1, 0.15) is 23.3 Å². The molecule has 23 heavy (non-hydrogen) atoms. The topological polar surface area (TPSA) is 77.0 Å². The van der Waals surface area contributed by atoms with Gasteiger partial charge in [0.15, 0.2) is 5.15 Å². The fourth-order valence-corrected chi connectivity index (χ4v) is 3.06. The predicted octanol–water partition coefficient (Wildman–Crippen LogP) is 3.21. The molecule has 0 fully saturated rings. The van der Waals surface area contributed by atoms with Crippen molar-refractivity contribution in [1.82, 2.24) is 20.3 Å². The Bertz CT molecular complexity index is 810. The van der Waals surface area contributed by atoms with Gasteiger partial charge in [0.2, 0.25) is 0 Å². The van der Waals surface area contributed by atoms with E-state index < -0.39 is 6.09 Å². The number of nitrogens with one attached hydrogen (secondary N) is 1. The van der Waals surface area contributed by atoms with Crippen LogP contribution in [0.3, 0.4) is 0 Å². The number of alkyl carbamates (subject to hydrolysis) is 1. The summed E-state index contributed by atoms with van der Waals surface area (Å²) in [6.07, 6.45) is 1.54. The molecule has 1 N–H and O–H groups in total. The van der Waals surface area contributed by atoms with Crippen LogP contribution < -0.4 is 5.32 Å². The number of hydrogen-bond acceptors (Lipinski definition) is 6. The van der Waals surface area contributed by atoms with Crippen LogP contribution in [-0.2, 0) is 17.8 Å². The summed E-state index contributed by atoms with van der Waals surface area (Å²) >= 11 is 7.39. The van der Waals surface area contributed by atoms with E-state index in [1.807, 2.05) is 30.3 Å². The van der Waals surface area contributed by atoms with E-state index in [2.05, 4.69) is 20.3 Å². The van der Waals surface area contributed by atoms with Gasteiger partial charge in [0.25, 0.3) is 0 Å². The molecule has 3 aromatic rings. The molecule has 0 aliphatic carbocycles. The molecule has 8 heteroatoms. The van der Waals surface area contributed by atoms with Gasteiger partial charge in [-0.3, -0.25) is 0 Å². The highest BCUT2D eigenvalue weighted by Crippen LogP contribution is 2.24. The van der Waals surface area contributed by atoms with E-state index in [-0.39, 0.29) is 6.61 Å². The number of benzene rings is 1. The van der Waals surface area contributed by atoms with E-state index in [9.17, 15) is 4.79 Å². The van der Waals surface area contributed by atoms with Crippen LogP contribution in [0, 0.1) is 0 Å². The minimum absolute atomic E-state index is 0.249. The first-order valence-electron chi connectivity index (χ1n) is 6.93. The van der Waals surface area contributed by atoms with Gasteiger partial charge < -0.3 is 10.1 Å². The van der Waals surface area contributed by atoms with Crippen LogP contribution in [0.25, 0.3) is 10.3 Å².